The number of carbonyl (C=O) groups excluding carboxylic acids is 1. The summed E-state index contributed by atoms with van der Waals surface area (Å²) in [4.78, 5) is 18.5. The number of nitrogens with two attached hydrogens (primary N) is 1. The summed E-state index contributed by atoms with van der Waals surface area (Å²) < 4.78 is 5.25. The third kappa shape index (κ3) is 3.05. The quantitative estimate of drug-likeness (QED) is 0.849. The number of amides is 1. The van der Waals surface area contributed by atoms with Crippen LogP contribution in [0.5, 0.6) is 0 Å². The zero-order valence-electron chi connectivity index (χ0n) is 12.2. The SMILES string of the molecule is CCc1ocnc1C(=O)N1CCCc2c(N)cccc21.Cl.Cl. The molecular formula is C15H19Cl2N3O2. The van der Waals surface area contributed by atoms with Crippen LogP contribution in [-0.2, 0) is 12.8 Å². The minimum absolute atomic E-state index is 0. The Morgan fingerprint density at radius 1 is 1.41 bits per heavy atom. The number of halogens is 2. The summed E-state index contributed by atoms with van der Waals surface area (Å²) in [5.41, 5.74) is 9.10. The fraction of sp³-hybridized carbons (Fsp3) is 0.333. The van der Waals surface area contributed by atoms with Gasteiger partial charge in [0.2, 0.25) is 0 Å². The Labute approximate surface area is 141 Å². The van der Waals surface area contributed by atoms with Crippen LogP contribution in [0, 0.1) is 0 Å². The number of hydrogen-bond acceptors (Lipinski definition) is 4. The van der Waals surface area contributed by atoms with Gasteiger partial charge in [0.15, 0.2) is 12.1 Å². The molecule has 1 aromatic heterocycles. The molecule has 0 bridgehead atoms. The largest absolute Gasteiger partial charge is 0.448 e. The molecule has 5 nitrogen and oxygen atoms in total. The van der Waals surface area contributed by atoms with Gasteiger partial charge >= 0.3 is 0 Å². The molecule has 1 amide bonds. The molecule has 1 aromatic carbocycles. The first-order valence-corrected chi connectivity index (χ1v) is 6.84. The van der Waals surface area contributed by atoms with Crippen LogP contribution in [0.4, 0.5) is 11.4 Å². The number of oxazole rings is 1. The number of benzene rings is 1. The van der Waals surface area contributed by atoms with E-state index in [0.29, 0.717) is 24.4 Å². The van der Waals surface area contributed by atoms with Gasteiger partial charge in [0.1, 0.15) is 5.76 Å². The maximum Gasteiger partial charge on any atom is 0.280 e. The average molecular weight is 344 g/mol. The van der Waals surface area contributed by atoms with E-state index in [1.54, 1.807) is 4.90 Å². The molecule has 0 unspecified atom stereocenters. The molecule has 120 valence electrons. The summed E-state index contributed by atoms with van der Waals surface area (Å²) in [6, 6.07) is 5.69. The molecule has 0 saturated heterocycles. The topological polar surface area (TPSA) is 72.4 Å². The lowest BCUT2D eigenvalue weighted by Gasteiger charge is -2.29. The summed E-state index contributed by atoms with van der Waals surface area (Å²) in [6.07, 6.45) is 3.80. The first kappa shape index (κ1) is 18.3. The molecule has 0 aliphatic carbocycles. The van der Waals surface area contributed by atoms with Gasteiger partial charge < -0.3 is 15.1 Å². The van der Waals surface area contributed by atoms with E-state index in [9.17, 15) is 4.79 Å². The van der Waals surface area contributed by atoms with Crippen molar-refractivity contribution in [1.29, 1.82) is 0 Å². The summed E-state index contributed by atoms with van der Waals surface area (Å²) in [5, 5.41) is 0. The second kappa shape index (κ2) is 7.51. The summed E-state index contributed by atoms with van der Waals surface area (Å²) in [5.74, 6) is 0.521. The van der Waals surface area contributed by atoms with E-state index in [2.05, 4.69) is 4.98 Å². The van der Waals surface area contributed by atoms with Gasteiger partial charge in [-0.2, -0.15) is 0 Å². The lowest BCUT2D eigenvalue weighted by molar-refractivity contribution is 0.0979. The van der Waals surface area contributed by atoms with Crippen LogP contribution < -0.4 is 10.6 Å². The van der Waals surface area contributed by atoms with Crippen LogP contribution in [0.15, 0.2) is 29.0 Å². The fourth-order valence-electron chi connectivity index (χ4n) is 2.69. The van der Waals surface area contributed by atoms with E-state index in [1.165, 1.54) is 6.39 Å². The number of rotatable bonds is 2. The lowest BCUT2D eigenvalue weighted by Crippen LogP contribution is -2.36. The second-order valence-corrected chi connectivity index (χ2v) is 4.88. The number of nitrogens with zero attached hydrogens (tertiary/aromatic N) is 2. The van der Waals surface area contributed by atoms with E-state index in [-0.39, 0.29) is 30.7 Å². The maximum atomic E-state index is 12.7. The number of anilines is 2. The van der Waals surface area contributed by atoms with Crippen molar-refractivity contribution >= 4 is 42.1 Å². The molecule has 22 heavy (non-hydrogen) atoms. The number of carbonyl (C=O) groups is 1. The predicted molar refractivity (Wildman–Crippen MR) is 91.2 cm³/mol. The fourth-order valence-corrected chi connectivity index (χ4v) is 2.69. The first-order valence-electron chi connectivity index (χ1n) is 6.84. The zero-order chi connectivity index (χ0) is 14.1. The molecule has 2 N–H and O–H groups in total. The molecule has 0 fully saturated rings. The van der Waals surface area contributed by atoms with E-state index in [0.717, 1.165) is 29.8 Å². The molecule has 0 atom stereocenters. The highest BCUT2D eigenvalue weighted by Crippen LogP contribution is 2.32. The van der Waals surface area contributed by atoms with E-state index in [4.69, 9.17) is 10.2 Å². The van der Waals surface area contributed by atoms with Crippen molar-refractivity contribution in [2.24, 2.45) is 0 Å². The van der Waals surface area contributed by atoms with Gasteiger partial charge in [-0.05, 0) is 30.5 Å². The van der Waals surface area contributed by atoms with Gasteiger partial charge in [0.25, 0.3) is 5.91 Å². The third-order valence-electron chi connectivity index (χ3n) is 3.70. The van der Waals surface area contributed by atoms with Crippen LogP contribution in [0.25, 0.3) is 0 Å². The number of hydrogen-bond donors (Lipinski definition) is 1. The summed E-state index contributed by atoms with van der Waals surface area (Å²) in [7, 11) is 0. The lowest BCUT2D eigenvalue weighted by atomic mass is 9.99. The molecule has 2 aromatic rings. The van der Waals surface area contributed by atoms with Crippen molar-refractivity contribution in [2.45, 2.75) is 26.2 Å². The van der Waals surface area contributed by atoms with Gasteiger partial charge in [0, 0.05) is 24.3 Å². The molecule has 3 rings (SSSR count). The standard InChI is InChI=1S/C15H17N3O2.2ClH/c1-2-13-14(17-9-20-13)15(19)18-8-4-5-10-11(16)6-3-7-12(10)18;;/h3,6-7,9H,2,4-5,8,16H2,1H3;2*1H. The Morgan fingerprint density at radius 2 is 2.18 bits per heavy atom. The molecule has 1 aliphatic heterocycles. The van der Waals surface area contributed by atoms with Crippen molar-refractivity contribution in [3.8, 4) is 0 Å². The highest BCUT2D eigenvalue weighted by atomic mass is 35.5. The minimum Gasteiger partial charge on any atom is -0.448 e. The Hall–Kier alpha value is -1.72. The van der Waals surface area contributed by atoms with Gasteiger partial charge in [-0.25, -0.2) is 4.98 Å². The Kier molecular flexibility index (Phi) is 6.26. The predicted octanol–water partition coefficient (Wildman–Crippen LogP) is 3.26. The number of fused-ring (bicyclic) bond motifs is 1. The van der Waals surface area contributed by atoms with Crippen LogP contribution in [0.3, 0.4) is 0 Å². The summed E-state index contributed by atoms with van der Waals surface area (Å²) in [6.45, 7) is 2.63. The highest BCUT2D eigenvalue weighted by Gasteiger charge is 2.27. The number of aryl methyl sites for hydroxylation is 1. The Balaban J connectivity index is 0.00000121. The van der Waals surface area contributed by atoms with Crippen molar-refractivity contribution in [3.63, 3.8) is 0 Å². The highest BCUT2D eigenvalue weighted by molar-refractivity contribution is 6.06. The molecule has 0 radical (unpaired) electrons. The van der Waals surface area contributed by atoms with Crippen molar-refractivity contribution < 1.29 is 9.21 Å². The van der Waals surface area contributed by atoms with Gasteiger partial charge in [-0.3, -0.25) is 4.79 Å². The van der Waals surface area contributed by atoms with Crippen molar-refractivity contribution in [1.82, 2.24) is 4.98 Å². The van der Waals surface area contributed by atoms with Crippen LogP contribution in [0.1, 0.15) is 35.2 Å². The Morgan fingerprint density at radius 3 is 2.91 bits per heavy atom. The monoisotopic (exact) mass is 343 g/mol. The third-order valence-corrected chi connectivity index (χ3v) is 3.70. The number of aromatic nitrogens is 1. The van der Waals surface area contributed by atoms with Crippen LogP contribution in [-0.4, -0.2) is 17.4 Å². The van der Waals surface area contributed by atoms with E-state index in [1.807, 2.05) is 25.1 Å². The van der Waals surface area contributed by atoms with Gasteiger partial charge in [0.05, 0.1) is 0 Å². The second-order valence-electron chi connectivity index (χ2n) is 4.88. The number of nitrogen functional groups attached to an aromatic ring is 1. The molecule has 0 spiro atoms. The Bertz CT molecular complexity index is 658. The minimum atomic E-state index is -0.109. The van der Waals surface area contributed by atoms with Crippen LogP contribution >= 0.6 is 24.8 Å². The smallest absolute Gasteiger partial charge is 0.280 e. The molecule has 7 heteroatoms. The normalized spacial score (nSPS) is 12.9. The molecule has 0 saturated carbocycles. The molecular weight excluding hydrogens is 325 g/mol. The van der Waals surface area contributed by atoms with Crippen molar-refractivity contribution in [3.05, 3.63) is 41.6 Å². The van der Waals surface area contributed by atoms with Gasteiger partial charge in [-0.15, -0.1) is 24.8 Å². The van der Waals surface area contributed by atoms with E-state index >= 15 is 0 Å². The average Bonchev–Trinajstić information content (AvgIpc) is 2.95. The molecule has 2 heterocycles. The first-order chi connectivity index (χ1) is 9.72. The van der Waals surface area contributed by atoms with Crippen molar-refractivity contribution in [2.75, 3.05) is 17.2 Å². The zero-order valence-corrected chi connectivity index (χ0v) is 13.9. The molecule has 1 aliphatic rings. The van der Waals surface area contributed by atoms with Gasteiger partial charge in [-0.1, -0.05) is 13.0 Å². The van der Waals surface area contributed by atoms with Crippen LogP contribution in [0.2, 0.25) is 0 Å². The summed E-state index contributed by atoms with van der Waals surface area (Å²) >= 11 is 0. The van der Waals surface area contributed by atoms with E-state index < -0.39 is 0 Å². The maximum absolute atomic E-state index is 12.7.